The second-order valence-electron chi connectivity index (χ2n) is 4.02. The number of carbonyl (C=O) groups excluding carboxylic acids is 1. The summed E-state index contributed by atoms with van der Waals surface area (Å²) < 4.78 is 0. The highest BCUT2D eigenvalue weighted by molar-refractivity contribution is 7.09. The van der Waals surface area contributed by atoms with Crippen LogP contribution in [0.4, 0.5) is 0 Å². The van der Waals surface area contributed by atoms with Gasteiger partial charge in [-0.3, -0.25) is 4.79 Å². The van der Waals surface area contributed by atoms with Crippen LogP contribution in [0.25, 0.3) is 0 Å². The average molecular weight is 241 g/mol. The molecule has 0 bridgehead atoms. The molecule has 0 aromatic carbocycles. The molecule has 0 aliphatic heterocycles. The van der Waals surface area contributed by atoms with Crippen molar-refractivity contribution in [2.45, 2.75) is 33.2 Å². The maximum absolute atomic E-state index is 11.4. The van der Waals surface area contributed by atoms with Gasteiger partial charge >= 0.3 is 0 Å². The topological polar surface area (TPSA) is 54.0 Å². The van der Waals surface area contributed by atoms with Crippen molar-refractivity contribution in [2.24, 2.45) is 0 Å². The van der Waals surface area contributed by atoms with Crippen molar-refractivity contribution < 1.29 is 4.79 Å². The predicted octanol–water partition coefficient (Wildman–Crippen LogP) is 1.11. The Kier molecular flexibility index (Phi) is 5.42. The fourth-order valence-corrected chi connectivity index (χ4v) is 1.96. The minimum absolute atomic E-state index is 0.0435. The SMILES string of the molecule is Cc1csc(CCNC(=O)CNC(C)C)n1. The fourth-order valence-electron chi connectivity index (χ4n) is 1.19. The molecule has 0 aliphatic carbocycles. The smallest absolute Gasteiger partial charge is 0.233 e. The molecule has 1 aromatic rings. The Hall–Kier alpha value is -0.940. The van der Waals surface area contributed by atoms with E-state index in [0.717, 1.165) is 17.1 Å². The van der Waals surface area contributed by atoms with Crippen LogP contribution in [0.15, 0.2) is 5.38 Å². The first-order valence-electron chi connectivity index (χ1n) is 5.49. The molecule has 0 atom stereocenters. The molecule has 90 valence electrons. The minimum atomic E-state index is 0.0435. The zero-order chi connectivity index (χ0) is 12.0. The van der Waals surface area contributed by atoms with Crippen molar-refractivity contribution in [1.29, 1.82) is 0 Å². The maximum atomic E-state index is 11.4. The summed E-state index contributed by atoms with van der Waals surface area (Å²) in [6.45, 7) is 7.06. The number of amides is 1. The number of nitrogens with one attached hydrogen (secondary N) is 2. The van der Waals surface area contributed by atoms with E-state index in [0.29, 0.717) is 19.1 Å². The maximum Gasteiger partial charge on any atom is 0.233 e. The van der Waals surface area contributed by atoms with Crippen LogP contribution in [-0.4, -0.2) is 30.0 Å². The number of aryl methyl sites for hydroxylation is 1. The van der Waals surface area contributed by atoms with E-state index in [1.165, 1.54) is 0 Å². The van der Waals surface area contributed by atoms with Crippen LogP contribution < -0.4 is 10.6 Å². The van der Waals surface area contributed by atoms with Gasteiger partial charge in [-0.15, -0.1) is 11.3 Å². The monoisotopic (exact) mass is 241 g/mol. The summed E-state index contributed by atoms with van der Waals surface area (Å²) in [6, 6.07) is 0.340. The summed E-state index contributed by atoms with van der Waals surface area (Å²) in [5.41, 5.74) is 1.05. The fraction of sp³-hybridized carbons (Fsp3) is 0.636. The van der Waals surface area contributed by atoms with Gasteiger partial charge in [0.1, 0.15) is 0 Å². The lowest BCUT2D eigenvalue weighted by molar-refractivity contribution is -0.120. The largest absolute Gasteiger partial charge is 0.355 e. The van der Waals surface area contributed by atoms with Crippen LogP contribution in [0.2, 0.25) is 0 Å². The minimum Gasteiger partial charge on any atom is -0.355 e. The van der Waals surface area contributed by atoms with Gasteiger partial charge in [0, 0.05) is 30.1 Å². The molecular weight excluding hydrogens is 222 g/mol. The molecule has 2 N–H and O–H groups in total. The molecule has 0 unspecified atom stereocenters. The summed E-state index contributed by atoms with van der Waals surface area (Å²) in [4.78, 5) is 15.7. The van der Waals surface area contributed by atoms with Crippen molar-refractivity contribution in [3.63, 3.8) is 0 Å². The number of hydrogen-bond acceptors (Lipinski definition) is 4. The molecule has 16 heavy (non-hydrogen) atoms. The number of thiazole rings is 1. The molecule has 1 rings (SSSR count). The van der Waals surface area contributed by atoms with Gasteiger partial charge in [-0.05, 0) is 6.92 Å². The Morgan fingerprint density at radius 3 is 2.88 bits per heavy atom. The van der Waals surface area contributed by atoms with Gasteiger partial charge in [0.15, 0.2) is 0 Å². The Morgan fingerprint density at radius 2 is 2.31 bits per heavy atom. The standard InChI is InChI=1S/C11H19N3OS/c1-8(2)13-6-10(15)12-5-4-11-14-9(3)7-16-11/h7-8,13H,4-6H2,1-3H3,(H,12,15). The van der Waals surface area contributed by atoms with Gasteiger partial charge in [0.2, 0.25) is 5.91 Å². The zero-order valence-electron chi connectivity index (χ0n) is 10.0. The van der Waals surface area contributed by atoms with Crippen LogP contribution in [0.1, 0.15) is 24.5 Å². The lowest BCUT2D eigenvalue weighted by atomic mass is 10.4. The zero-order valence-corrected chi connectivity index (χ0v) is 10.9. The van der Waals surface area contributed by atoms with Gasteiger partial charge in [0.25, 0.3) is 0 Å². The highest BCUT2D eigenvalue weighted by Crippen LogP contribution is 2.08. The lowest BCUT2D eigenvalue weighted by Gasteiger charge is -2.08. The van der Waals surface area contributed by atoms with E-state index >= 15 is 0 Å². The third-order valence-corrected chi connectivity index (χ3v) is 3.02. The van der Waals surface area contributed by atoms with E-state index in [1.54, 1.807) is 11.3 Å². The number of aromatic nitrogens is 1. The summed E-state index contributed by atoms with van der Waals surface area (Å²) in [5.74, 6) is 0.0435. The molecule has 0 radical (unpaired) electrons. The Bertz CT molecular complexity index is 336. The van der Waals surface area contributed by atoms with Gasteiger partial charge in [0.05, 0.1) is 11.6 Å². The molecule has 1 amide bonds. The number of rotatable bonds is 6. The third kappa shape index (κ3) is 5.23. The second-order valence-corrected chi connectivity index (χ2v) is 4.96. The first kappa shape index (κ1) is 13.1. The Balaban J connectivity index is 2.13. The van der Waals surface area contributed by atoms with Crippen LogP contribution in [-0.2, 0) is 11.2 Å². The highest BCUT2D eigenvalue weighted by atomic mass is 32.1. The van der Waals surface area contributed by atoms with E-state index in [9.17, 15) is 4.79 Å². The molecule has 4 nitrogen and oxygen atoms in total. The molecule has 0 aliphatic rings. The van der Waals surface area contributed by atoms with Crippen molar-refractivity contribution >= 4 is 17.2 Å². The summed E-state index contributed by atoms with van der Waals surface area (Å²) in [5, 5.41) is 9.04. The molecule has 0 saturated carbocycles. The number of hydrogen-bond donors (Lipinski definition) is 2. The van der Waals surface area contributed by atoms with E-state index in [1.807, 2.05) is 26.2 Å². The number of carbonyl (C=O) groups is 1. The molecule has 0 saturated heterocycles. The van der Waals surface area contributed by atoms with Gasteiger partial charge in [-0.25, -0.2) is 4.98 Å². The summed E-state index contributed by atoms with van der Waals surface area (Å²) in [6.07, 6.45) is 0.811. The van der Waals surface area contributed by atoms with Crippen LogP contribution >= 0.6 is 11.3 Å². The van der Waals surface area contributed by atoms with Crippen molar-refractivity contribution in [3.05, 3.63) is 16.1 Å². The molecule has 0 fully saturated rings. The molecular formula is C11H19N3OS. The predicted molar refractivity (Wildman–Crippen MR) is 66.7 cm³/mol. The first-order valence-corrected chi connectivity index (χ1v) is 6.37. The van der Waals surface area contributed by atoms with E-state index in [4.69, 9.17) is 0 Å². The van der Waals surface area contributed by atoms with Crippen molar-refractivity contribution in [1.82, 2.24) is 15.6 Å². The lowest BCUT2D eigenvalue weighted by Crippen LogP contribution is -2.37. The Morgan fingerprint density at radius 1 is 1.56 bits per heavy atom. The van der Waals surface area contributed by atoms with E-state index in [2.05, 4.69) is 15.6 Å². The average Bonchev–Trinajstić information content (AvgIpc) is 2.61. The normalized spacial score (nSPS) is 10.8. The van der Waals surface area contributed by atoms with Crippen LogP contribution in [0.5, 0.6) is 0 Å². The highest BCUT2D eigenvalue weighted by Gasteiger charge is 2.03. The van der Waals surface area contributed by atoms with Gasteiger partial charge in [-0.2, -0.15) is 0 Å². The first-order chi connectivity index (χ1) is 7.58. The van der Waals surface area contributed by atoms with Gasteiger partial charge in [-0.1, -0.05) is 13.8 Å². The van der Waals surface area contributed by atoms with Crippen LogP contribution in [0.3, 0.4) is 0 Å². The second kappa shape index (κ2) is 6.60. The third-order valence-electron chi connectivity index (χ3n) is 2.00. The van der Waals surface area contributed by atoms with E-state index < -0.39 is 0 Å². The Labute approximate surface area is 100 Å². The molecule has 1 aromatic heterocycles. The molecule has 1 heterocycles. The van der Waals surface area contributed by atoms with Crippen molar-refractivity contribution in [2.75, 3.05) is 13.1 Å². The van der Waals surface area contributed by atoms with Crippen LogP contribution in [0, 0.1) is 6.92 Å². The number of nitrogens with zero attached hydrogens (tertiary/aromatic N) is 1. The summed E-state index contributed by atoms with van der Waals surface area (Å²) in [7, 11) is 0. The summed E-state index contributed by atoms with van der Waals surface area (Å²) >= 11 is 1.64. The molecule has 0 spiro atoms. The molecule has 5 heteroatoms. The quantitative estimate of drug-likeness (QED) is 0.784. The van der Waals surface area contributed by atoms with Gasteiger partial charge < -0.3 is 10.6 Å². The van der Waals surface area contributed by atoms with E-state index in [-0.39, 0.29) is 5.91 Å². The van der Waals surface area contributed by atoms with Crippen molar-refractivity contribution in [3.8, 4) is 0 Å².